The highest BCUT2D eigenvalue weighted by atomic mass is 15.3. The summed E-state index contributed by atoms with van der Waals surface area (Å²) in [5, 5.41) is 4.33. The lowest BCUT2D eigenvalue weighted by Gasteiger charge is -1.96. The molecule has 0 atom stereocenters. The van der Waals surface area contributed by atoms with Crippen LogP contribution in [-0.4, -0.2) is 9.78 Å². The Kier molecular flexibility index (Phi) is 2.77. The van der Waals surface area contributed by atoms with Crippen LogP contribution in [0.5, 0.6) is 0 Å². The van der Waals surface area contributed by atoms with Gasteiger partial charge in [-0.25, -0.2) is 0 Å². The molecule has 2 N–H and O–H groups in total. The van der Waals surface area contributed by atoms with E-state index < -0.39 is 0 Å². The van der Waals surface area contributed by atoms with E-state index in [1.807, 2.05) is 38.2 Å². The Morgan fingerprint density at radius 2 is 2.00 bits per heavy atom. The fraction of sp³-hybridized carbons (Fsp3) is 0.154. The van der Waals surface area contributed by atoms with Gasteiger partial charge in [-0.2, -0.15) is 5.10 Å². The summed E-state index contributed by atoms with van der Waals surface area (Å²) < 4.78 is 1.68. The van der Waals surface area contributed by atoms with Gasteiger partial charge in [0, 0.05) is 13.1 Å². The van der Waals surface area contributed by atoms with Crippen molar-refractivity contribution in [2.24, 2.45) is 7.05 Å². The summed E-state index contributed by atoms with van der Waals surface area (Å²) in [4.78, 5) is 0. The molecule has 0 spiro atoms. The molecule has 0 aliphatic heterocycles. The van der Waals surface area contributed by atoms with Gasteiger partial charge in [0.15, 0.2) is 0 Å². The SMILES string of the molecule is C/C(=C/c1ccccc1)c1cc(N)n(C)n1. The van der Waals surface area contributed by atoms with Crippen LogP contribution in [0.15, 0.2) is 36.4 Å². The van der Waals surface area contributed by atoms with Gasteiger partial charge in [0.2, 0.25) is 0 Å². The number of nitrogen functional groups attached to an aromatic ring is 1. The molecule has 0 bridgehead atoms. The van der Waals surface area contributed by atoms with E-state index in [0.717, 1.165) is 11.3 Å². The average molecular weight is 213 g/mol. The van der Waals surface area contributed by atoms with Crippen LogP contribution in [0, 0.1) is 0 Å². The lowest BCUT2D eigenvalue weighted by molar-refractivity contribution is 0.774. The van der Waals surface area contributed by atoms with E-state index in [1.165, 1.54) is 5.56 Å². The highest BCUT2D eigenvalue weighted by molar-refractivity contribution is 5.79. The zero-order chi connectivity index (χ0) is 11.5. The highest BCUT2D eigenvalue weighted by Crippen LogP contribution is 2.17. The molecule has 3 heteroatoms. The van der Waals surface area contributed by atoms with E-state index in [2.05, 4.69) is 23.3 Å². The zero-order valence-electron chi connectivity index (χ0n) is 9.51. The number of rotatable bonds is 2. The van der Waals surface area contributed by atoms with Crippen molar-refractivity contribution in [1.82, 2.24) is 9.78 Å². The topological polar surface area (TPSA) is 43.8 Å². The maximum Gasteiger partial charge on any atom is 0.121 e. The van der Waals surface area contributed by atoms with Crippen molar-refractivity contribution in [1.29, 1.82) is 0 Å². The van der Waals surface area contributed by atoms with Crippen molar-refractivity contribution in [2.45, 2.75) is 6.92 Å². The molecule has 0 radical (unpaired) electrons. The number of nitrogens with two attached hydrogens (primary N) is 1. The molecule has 0 aliphatic carbocycles. The molecule has 0 amide bonds. The Balaban J connectivity index is 2.32. The quantitative estimate of drug-likeness (QED) is 0.833. The first kappa shape index (κ1) is 10.5. The molecule has 0 fully saturated rings. The number of aromatic nitrogens is 2. The highest BCUT2D eigenvalue weighted by Gasteiger charge is 2.03. The van der Waals surface area contributed by atoms with Gasteiger partial charge >= 0.3 is 0 Å². The van der Waals surface area contributed by atoms with Crippen molar-refractivity contribution in [3.63, 3.8) is 0 Å². The van der Waals surface area contributed by atoms with Gasteiger partial charge in [-0.15, -0.1) is 0 Å². The Hall–Kier alpha value is -2.03. The van der Waals surface area contributed by atoms with E-state index in [9.17, 15) is 0 Å². The maximum atomic E-state index is 5.75. The van der Waals surface area contributed by atoms with Gasteiger partial charge in [-0.05, 0) is 24.1 Å². The minimum Gasteiger partial charge on any atom is -0.384 e. The molecular formula is C13H15N3. The van der Waals surface area contributed by atoms with E-state index in [0.29, 0.717) is 5.82 Å². The van der Waals surface area contributed by atoms with E-state index >= 15 is 0 Å². The van der Waals surface area contributed by atoms with Crippen molar-refractivity contribution in [3.05, 3.63) is 47.7 Å². The summed E-state index contributed by atoms with van der Waals surface area (Å²) in [7, 11) is 1.84. The summed E-state index contributed by atoms with van der Waals surface area (Å²) in [6.45, 7) is 2.04. The molecule has 16 heavy (non-hydrogen) atoms. The Labute approximate surface area is 95.2 Å². The van der Waals surface area contributed by atoms with Crippen LogP contribution in [0.3, 0.4) is 0 Å². The van der Waals surface area contributed by atoms with Gasteiger partial charge in [0.1, 0.15) is 5.82 Å². The smallest absolute Gasteiger partial charge is 0.121 e. The van der Waals surface area contributed by atoms with Crippen LogP contribution >= 0.6 is 0 Å². The lowest BCUT2D eigenvalue weighted by Crippen LogP contribution is -1.96. The van der Waals surface area contributed by atoms with Crippen LogP contribution in [0.4, 0.5) is 5.82 Å². The number of allylic oxidation sites excluding steroid dienone is 1. The number of benzene rings is 1. The second-order valence-electron chi connectivity index (χ2n) is 3.82. The standard InChI is InChI=1S/C13H15N3/c1-10(8-11-6-4-3-5-7-11)12-9-13(14)16(2)15-12/h3-9H,14H2,1-2H3/b10-8-. The number of hydrogen-bond donors (Lipinski definition) is 1. The Bertz CT molecular complexity index is 490. The number of aryl methyl sites for hydroxylation is 1. The summed E-state index contributed by atoms with van der Waals surface area (Å²) in [5.41, 5.74) is 8.95. The second kappa shape index (κ2) is 4.23. The van der Waals surface area contributed by atoms with Gasteiger partial charge in [-0.1, -0.05) is 30.3 Å². The van der Waals surface area contributed by atoms with Gasteiger partial charge in [-0.3, -0.25) is 4.68 Å². The van der Waals surface area contributed by atoms with E-state index in [4.69, 9.17) is 5.73 Å². The lowest BCUT2D eigenvalue weighted by atomic mass is 10.1. The van der Waals surface area contributed by atoms with Crippen molar-refractivity contribution >= 4 is 17.5 Å². The minimum absolute atomic E-state index is 0.677. The summed E-state index contributed by atoms with van der Waals surface area (Å²) >= 11 is 0. The first-order chi connectivity index (χ1) is 7.66. The van der Waals surface area contributed by atoms with E-state index in [-0.39, 0.29) is 0 Å². The van der Waals surface area contributed by atoms with Crippen molar-refractivity contribution in [2.75, 3.05) is 5.73 Å². The first-order valence-electron chi connectivity index (χ1n) is 5.20. The zero-order valence-corrected chi connectivity index (χ0v) is 9.51. The van der Waals surface area contributed by atoms with Gasteiger partial charge in [0.25, 0.3) is 0 Å². The summed E-state index contributed by atoms with van der Waals surface area (Å²) in [5.74, 6) is 0.677. The molecule has 82 valence electrons. The second-order valence-corrected chi connectivity index (χ2v) is 3.82. The summed E-state index contributed by atoms with van der Waals surface area (Å²) in [6.07, 6.45) is 2.10. The van der Waals surface area contributed by atoms with Crippen LogP contribution in [0.1, 0.15) is 18.2 Å². The molecule has 1 aromatic carbocycles. The Morgan fingerprint density at radius 1 is 1.31 bits per heavy atom. The third-order valence-electron chi connectivity index (χ3n) is 2.50. The molecular weight excluding hydrogens is 198 g/mol. The molecule has 0 unspecified atom stereocenters. The maximum absolute atomic E-state index is 5.75. The van der Waals surface area contributed by atoms with Crippen LogP contribution in [0.25, 0.3) is 11.6 Å². The predicted octanol–water partition coefficient (Wildman–Crippen LogP) is 2.56. The largest absolute Gasteiger partial charge is 0.384 e. The number of nitrogens with zero attached hydrogens (tertiary/aromatic N) is 2. The van der Waals surface area contributed by atoms with Crippen LogP contribution in [-0.2, 0) is 7.05 Å². The number of hydrogen-bond acceptors (Lipinski definition) is 2. The first-order valence-corrected chi connectivity index (χ1v) is 5.20. The number of anilines is 1. The van der Waals surface area contributed by atoms with Crippen molar-refractivity contribution in [3.8, 4) is 0 Å². The monoisotopic (exact) mass is 213 g/mol. The molecule has 2 aromatic rings. The van der Waals surface area contributed by atoms with Crippen molar-refractivity contribution < 1.29 is 0 Å². The average Bonchev–Trinajstić information content (AvgIpc) is 2.61. The molecule has 0 saturated heterocycles. The van der Waals surface area contributed by atoms with Crippen LogP contribution in [0.2, 0.25) is 0 Å². The predicted molar refractivity (Wildman–Crippen MR) is 67.6 cm³/mol. The molecule has 0 saturated carbocycles. The third-order valence-corrected chi connectivity index (χ3v) is 2.50. The minimum atomic E-state index is 0.677. The Morgan fingerprint density at radius 3 is 2.56 bits per heavy atom. The molecule has 1 heterocycles. The summed E-state index contributed by atoms with van der Waals surface area (Å²) in [6, 6.07) is 12.1. The molecule has 3 nitrogen and oxygen atoms in total. The normalized spacial score (nSPS) is 11.8. The molecule has 2 rings (SSSR count). The third kappa shape index (κ3) is 2.14. The van der Waals surface area contributed by atoms with Gasteiger partial charge < -0.3 is 5.73 Å². The molecule has 0 aliphatic rings. The fourth-order valence-electron chi connectivity index (χ4n) is 1.55. The van der Waals surface area contributed by atoms with Crippen LogP contribution < -0.4 is 5.73 Å². The fourth-order valence-corrected chi connectivity index (χ4v) is 1.55. The van der Waals surface area contributed by atoms with E-state index in [1.54, 1.807) is 4.68 Å². The molecule has 1 aromatic heterocycles. The van der Waals surface area contributed by atoms with Gasteiger partial charge in [0.05, 0.1) is 5.69 Å².